The van der Waals surface area contributed by atoms with Gasteiger partial charge in [0.25, 0.3) is 5.91 Å². The average molecular weight is 385 g/mol. The number of carbonyl (C=O) groups is 1. The second-order valence-electron chi connectivity index (χ2n) is 5.00. The van der Waals surface area contributed by atoms with Crippen LogP contribution >= 0.6 is 22.9 Å². The number of nitrogens with two attached hydrogens (primary N) is 1. The van der Waals surface area contributed by atoms with E-state index in [9.17, 15) is 13.2 Å². The molecule has 0 fully saturated rings. The van der Waals surface area contributed by atoms with Crippen molar-refractivity contribution in [3.05, 3.63) is 52.3 Å². The van der Waals surface area contributed by atoms with E-state index in [0.29, 0.717) is 23.6 Å². The Hall–Kier alpha value is -1.94. The number of halogens is 1. The molecule has 24 heavy (non-hydrogen) atoms. The van der Waals surface area contributed by atoms with E-state index in [-0.39, 0.29) is 16.0 Å². The molecule has 2 aromatic heterocycles. The van der Waals surface area contributed by atoms with Gasteiger partial charge in [0.1, 0.15) is 0 Å². The highest BCUT2D eigenvalue weighted by Crippen LogP contribution is 2.21. The summed E-state index contributed by atoms with van der Waals surface area (Å²) in [6, 6.07) is 6.20. The summed E-state index contributed by atoms with van der Waals surface area (Å²) >= 11 is 7.40. The second-order valence-corrected chi connectivity index (χ2v) is 7.79. The summed E-state index contributed by atoms with van der Waals surface area (Å²) in [4.78, 5) is 17.1. The molecule has 0 atom stereocenters. The van der Waals surface area contributed by atoms with Gasteiger partial charge in [-0.15, -0.1) is 11.3 Å². The molecule has 10 heteroatoms. The Labute approximate surface area is 147 Å². The summed E-state index contributed by atoms with van der Waals surface area (Å²) in [5.41, 5.74) is 1.18. The normalized spacial score (nSPS) is 11.8. The van der Waals surface area contributed by atoms with Crippen LogP contribution < -0.4 is 10.5 Å². The number of carbonyl (C=O) groups excluding carboxylic acids is 1. The zero-order valence-corrected chi connectivity index (χ0v) is 14.7. The molecular formula is C14H13ClN4O3S2. The largest absolute Gasteiger partial charge is 0.350 e. The highest BCUT2D eigenvalue weighted by atomic mass is 35.5. The van der Waals surface area contributed by atoms with Crippen molar-refractivity contribution >= 4 is 43.8 Å². The molecule has 0 aliphatic heterocycles. The van der Waals surface area contributed by atoms with Crippen molar-refractivity contribution in [2.45, 2.75) is 11.3 Å². The first-order chi connectivity index (χ1) is 11.4. The Kier molecular flexibility index (Phi) is 4.59. The Morgan fingerprint density at radius 2 is 2.04 bits per heavy atom. The molecule has 0 aliphatic carbocycles. The number of primary sulfonamides is 1. The van der Waals surface area contributed by atoms with E-state index in [1.54, 1.807) is 22.7 Å². The van der Waals surface area contributed by atoms with E-state index >= 15 is 0 Å². The molecule has 1 aromatic carbocycles. The number of fused-ring (bicyclic) bond motifs is 1. The van der Waals surface area contributed by atoms with Gasteiger partial charge in [0.15, 0.2) is 15.8 Å². The van der Waals surface area contributed by atoms with E-state index in [4.69, 9.17) is 16.7 Å². The number of hydrogen-bond acceptors (Lipinski definition) is 5. The number of thiazole rings is 1. The topological polar surface area (TPSA) is 107 Å². The van der Waals surface area contributed by atoms with E-state index in [1.165, 1.54) is 23.5 Å². The van der Waals surface area contributed by atoms with Gasteiger partial charge in [-0.2, -0.15) is 0 Å². The van der Waals surface area contributed by atoms with Crippen LogP contribution in [0.1, 0.15) is 16.1 Å². The molecule has 0 radical (unpaired) electrons. The molecule has 0 spiro atoms. The summed E-state index contributed by atoms with van der Waals surface area (Å²) in [6.45, 7) is 0.376. The van der Waals surface area contributed by atoms with Gasteiger partial charge < -0.3 is 5.32 Å². The monoisotopic (exact) mass is 384 g/mol. The molecular weight excluding hydrogens is 372 g/mol. The van der Waals surface area contributed by atoms with Crippen molar-refractivity contribution in [1.29, 1.82) is 0 Å². The van der Waals surface area contributed by atoms with Gasteiger partial charge in [-0.05, 0) is 24.1 Å². The molecule has 126 valence electrons. The molecule has 1 amide bonds. The molecule has 3 aromatic rings. The lowest BCUT2D eigenvalue weighted by molar-refractivity contribution is 0.0948. The van der Waals surface area contributed by atoms with Crippen LogP contribution in [-0.4, -0.2) is 30.3 Å². The number of imidazole rings is 1. The van der Waals surface area contributed by atoms with Crippen LogP contribution in [0.3, 0.4) is 0 Å². The number of aromatic nitrogens is 2. The Morgan fingerprint density at radius 1 is 1.33 bits per heavy atom. The maximum atomic E-state index is 12.3. The molecule has 3 rings (SSSR count). The zero-order valence-electron chi connectivity index (χ0n) is 12.3. The number of sulfonamides is 1. The number of nitrogens with zero attached hydrogens (tertiary/aromatic N) is 2. The predicted octanol–water partition coefficient (Wildman–Crippen LogP) is 1.67. The molecule has 3 N–H and O–H groups in total. The summed E-state index contributed by atoms with van der Waals surface area (Å²) < 4.78 is 24.0. The van der Waals surface area contributed by atoms with Crippen molar-refractivity contribution in [2.24, 2.45) is 5.14 Å². The van der Waals surface area contributed by atoms with Crippen molar-refractivity contribution in [3.8, 4) is 0 Å². The van der Waals surface area contributed by atoms with E-state index in [0.717, 1.165) is 5.56 Å². The fraction of sp³-hybridized carbons (Fsp3) is 0.143. The Bertz CT molecular complexity index is 993. The maximum Gasteiger partial charge on any atom is 0.271 e. The fourth-order valence-electron chi connectivity index (χ4n) is 2.21. The third-order valence-corrected chi connectivity index (χ3v) is 5.34. The van der Waals surface area contributed by atoms with Gasteiger partial charge in [-0.3, -0.25) is 9.20 Å². The van der Waals surface area contributed by atoms with Crippen LogP contribution in [-0.2, 0) is 16.4 Å². The highest BCUT2D eigenvalue weighted by molar-refractivity contribution is 7.89. The average Bonchev–Trinajstić information content (AvgIpc) is 3.06. The Balaban J connectivity index is 1.63. The lowest BCUT2D eigenvalue weighted by Gasteiger charge is -2.06. The SMILES string of the molecule is NS(=O)(=O)c1ccc(CCNC(=O)c2c(Cl)nc3sccn23)cc1. The summed E-state index contributed by atoms with van der Waals surface area (Å²) in [6.07, 6.45) is 2.28. The van der Waals surface area contributed by atoms with Crippen LogP contribution in [0.15, 0.2) is 40.7 Å². The van der Waals surface area contributed by atoms with E-state index < -0.39 is 10.0 Å². The first-order valence-electron chi connectivity index (χ1n) is 6.87. The van der Waals surface area contributed by atoms with Crippen LogP contribution in [0.4, 0.5) is 0 Å². The van der Waals surface area contributed by atoms with Crippen molar-refractivity contribution in [3.63, 3.8) is 0 Å². The maximum absolute atomic E-state index is 12.3. The highest BCUT2D eigenvalue weighted by Gasteiger charge is 2.18. The van der Waals surface area contributed by atoms with Crippen LogP contribution in [0, 0.1) is 0 Å². The molecule has 0 aliphatic rings. The van der Waals surface area contributed by atoms with Crippen LogP contribution in [0.2, 0.25) is 5.15 Å². The predicted molar refractivity (Wildman–Crippen MR) is 91.9 cm³/mol. The minimum absolute atomic E-state index is 0.0566. The van der Waals surface area contributed by atoms with Gasteiger partial charge in [-0.25, -0.2) is 18.5 Å². The second kappa shape index (κ2) is 6.52. The molecule has 0 bridgehead atoms. The van der Waals surface area contributed by atoms with Crippen molar-refractivity contribution < 1.29 is 13.2 Å². The van der Waals surface area contributed by atoms with Gasteiger partial charge in [0, 0.05) is 18.1 Å². The van der Waals surface area contributed by atoms with Crippen LogP contribution in [0.25, 0.3) is 4.96 Å². The Morgan fingerprint density at radius 3 is 2.71 bits per heavy atom. The molecule has 0 unspecified atom stereocenters. The van der Waals surface area contributed by atoms with E-state index in [2.05, 4.69) is 10.3 Å². The molecule has 2 heterocycles. The zero-order chi connectivity index (χ0) is 17.3. The number of benzene rings is 1. The number of rotatable bonds is 5. The minimum atomic E-state index is -3.70. The summed E-state index contributed by atoms with van der Waals surface area (Å²) in [7, 11) is -3.70. The summed E-state index contributed by atoms with van der Waals surface area (Å²) in [5, 5.41) is 9.81. The lowest BCUT2D eigenvalue weighted by Crippen LogP contribution is -2.27. The van der Waals surface area contributed by atoms with Crippen molar-refractivity contribution in [1.82, 2.24) is 14.7 Å². The van der Waals surface area contributed by atoms with Gasteiger partial charge in [-0.1, -0.05) is 23.7 Å². The standard InChI is InChI=1S/C14H13ClN4O3S2/c15-12-11(19-7-8-23-14(19)18-12)13(20)17-6-5-9-1-3-10(4-2-9)24(16,21)22/h1-4,7-8H,5-6H2,(H,17,20)(H2,16,21,22). The first-order valence-corrected chi connectivity index (χ1v) is 9.67. The molecule has 0 saturated carbocycles. The van der Waals surface area contributed by atoms with E-state index in [1.807, 2.05) is 5.38 Å². The number of nitrogens with one attached hydrogen (secondary N) is 1. The smallest absolute Gasteiger partial charge is 0.271 e. The number of amides is 1. The van der Waals surface area contributed by atoms with Crippen molar-refractivity contribution in [2.75, 3.05) is 6.54 Å². The molecule has 7 nitrogen and oxygen atoms in total. The fourth-order valence-corrected chi connectivity index (χ4v) is 3.75. The van der Waals surface area contributed by atoms with Gasteiger partial charge >= 0.3 is 0 Å². The third-order valence-electron chi connectivity index (χ3n) is 3.39. The number of hydrogen-bond donors (Lipinski definition) is 2. The van der Waals surface area contributed by atoms with Crippen LogP contribution in [0.5, 0.6) is 0 Å². The third kappa shape index (κ3) is 3.44. The first kappa shape index (κ1) is 16.9. The quantitative estimate of drug-likeness (QED) is 0.697. The van der Waals surface area contributed by atoms with Gasteiger partial charge in [0.2, 0.25) is 10.0 Å². The lowest BCUT2D eigenvalue weighted by atomic mass is 10.1. The minimum Gasteiger partial charge on any atom is -0.350 e. The van der Waals surface area contributed by atoms with Gasteiger partial charge in [0.05, 0.1) is 4.90 Å². The molecule has 0 saturated heterocycles. The summed E-state index contributed by atoms with van der Waals surface area (Å²) in [5.74, 6) is -0.313.